The van der Waals surface area contributed by atoms with E-state index in [0.717, 1.165) is 0 Å². The summed E-state index contributed by atoms with van der Waals surface area (Å²) in [6.45, 7) is 2.39. The summed E-state index contributed by atoms with van der Waals surface area (Å²) >= 11 is 0. The molecule has 0 bridgehead atoms. The summed E-state index contributed by atoms with van der Waals surface area (Å²) in [4.78, 5) is 0. The van der Waals surface area contributed by atoms with Crippen molar-refractivity contribution in [2.45, 2.75) is 0 Å². The Morgan fingerprint density at radius 3 is 0.538 bits per heavy atom. The van der Waals surface area contributed by atoms with Crippen LogP contribution in [0.15, 0.2) is 0 Å². The first kappa shape index (κ1) is 46.4. The summed E-state index contributed by atoms with van der Waals surface area (Å²) in [6.07, 6.45) is 0. The Morgan fingerprint density at radius 1 is 0.462 bits per heavy atom. The van der Waals surface area contributed by atoms with Gasteiger partial charge in [-0.15, -0.1) is 49.6 Å². The fourth-order valence-electron chi connectivity index (χ4n) is 0. The number of rotatable bonds is 2. The van der Waals surface area contributed by atoms with Gasteiger partial charge < -0.3 is 22.9 Å². The van der Waals surface area contributed by atoms with Crippen LogP contribution in [0.25, 0.3) is 0 Å². The smallest absolute Gasteiger partial charge is 0.00461 e. The van der Waals surface area contributed by atoms with Crippen molar-refractivity contribution in [3.8, 4) is 0 Å². The normalized spacial score (nSPS) is 4.62. The van der Waals surface area contributed by atoms with E-state index in [1.165, 1.54) is 0 Å². The number of halogens is 4. The maximum Gasteiger partial charge on any atom is 0.00461 e. The average molecular weight is 463 g/mol. The zero-order chi connectivity index (χ0) is 6.83. The van der Waals surface area contributed by atoms with E-state index in [2.05, 4.69) is 0 Å². The first-order chi connectivity index (χ1) is 3.83. The summed E-state index contributed by atoms with van der Waals surface area (Å²) in [5.41, 5.74) is 19.6. The van der Waals surface area contributed by atoms with Crippen LogP contribution < -0.4 is 22.9 Å². The molecule has 95 valence electrons. The van der Waals surface area contributed by atoms with Crippen LogP contribution in [-0.2, 0) is 22.4 Å². The van der Waals surface area contributed by atoms with Crippen molar-refractivity contribution in [2.75, 3.05) is 26.2 Å². The molecule has 1 radical (unpaired) electrons. The van der Waals surface area contributed by atoms with Gasteiger partial charge >= 0.3 is 0 Å². The summed E-state index contributed by atoms with van der Waals surface area (Å²) in [5, 5.41) is 0. The molecule has 0 aliphatic rings. The number of hydrogen-bond donors (Lipinski definition) is 4. The van der Waals surface area contributed by atoms with Crippen molar-refractivity contribution in [1.29, 1.82) is 0 Å². The van der Waals surface area contributed by atoms with Crippen LogP contribution in [-0.4, -0.2) is 26.2 Å². The average Bonchev–Trinajstić information content (AvgIpc) is 1.88. The Balaban J connectivity index is -0.00000000800. The maximum absolute atomic E-state index is 4.90. The maximum atomic E-state index is 4.90. The van der Waals surface area contributed by atoms with E-state index in [-0.39, 0.29) is 72.0 Å². The molecule has 0 aromatic carbocycles. The van der Waals surface area contributed by atoms with Gasteiger partial charge in [-0.3, -0.25) is 0 Å². The Bertz CT molecular complexity index is 32.1. The van der Waals surface area contributed by atoms with Crippen LogP contribution in [0.1, 0.15) is 0 Å². The molecular formula is C4H20AuCl4N4. The van der Waals surface area contributed by atoms with Crippen LogP contribution in [0.2, 0.25) is 0 Å². The quantitative estimate of drug-likeness (QED) is 0.415. The summed E-state index contributed by atoms with van der Waals surface area (Å²) < 4.78 is 0. The minimum atomic E-state index is 0. The van der Waals surface area contributed by atoms with E-state index in [1.807, 2.05) is 0 Å². The molecule has 0 aliphatic carbocycles. The van der Waals surface area contributed by atoms with Crippen molar-refractivity contribution >= 4 is 49.6 Å². The van der Waals surface area contributed by atoms with E-state index in [1.54, 1.807) is 0 Å². The van der Waals surface area contributed by atoms with E-state index in [0.29, 0.717) is 26.2 Å². The monoisotopic (exact) mass is 461 g/mol. The zero-order valence-electron chi connectivity index (χ0n) is 7.07. The van der Waals surface area contributed by atoms with Crippen molar-refractivity contribution in [1.82, 2.24) is 0 Å². The summed E-state index contributed by atoms with van der Waals surface area (Å²) in [7, 11) is 0. The second kappa shape index (κ2) is 67.7. The number of nitrogens with two attached hydrogens (primary N) is 4. The van der Waals surface area contributed by atoms with Gasteiger partial charge in [-0.05, 0) is 0 Å². The molecule has 0 fully saturated rings. The molecule has 0 heterocycles. The molecule has 4 nitrogen and oxygen atoms in total. The molecular weight excluding hydrogens is 443 g/mol. The van der Waals surface area contributed by atoms with E-state index in [9.17, 15) is 0 Å². The van der Waals surface area contributed by atoms with Crippen molar-refractivity contribution in [3.05, 3.63) is 0 Å². The molecule has 9 heteroatoms. The van der Waals surface area contributed by atoms with Gasteiger partial charge in [0.15, 0.2) is 0 Å². The summed E-state index contributed by atoms with van der Waals surface area (Å²) in [6, 6.07) is 0. The molecule has 0 amide bonds. The van der Waals surface area contributed by atoms with Crippen LogP contribution in [0.4, 0.5) is 0 Å². The Morgan fingerprint density at radius 2 is 0.538 bits per heavy atom. The number of hydrogen-bond acceptors (Lipinski definition) is 4. The Kier molecular flexibility index (Phi) is 242. The summed E-state index contributed by atoms with van der Waals surface area (Å²) in [5.74, 6) is 0. The molecule has 0 rings (SSSR count). The minimum Gasteiger partial charge on any atom is -0.329 e. The van der Waals surface area contributed by atoms with Crippen molar-refractivity contribution in [3.63, 3.8) is 0 Å². The molecule has 0 spiro atoms. The fourth-order valence-corrected chi connectivity index (χ4v) is 0. The molecule has 0 saturated carbocycles. The molecule has 13 heavy (non-hydrogen) atoms. The van der Waals surface area contributed by atoms with Crippen LogP contribution in [0, 0.1) is 0 Å². The second-order valence-corrected chi connectivity index (χ2v) is 1.15. The second-order valence-electron chi connectivity index (χ2n) is 1.15. The van der Waals surface area contributed by atoms with Crippen molar-refractivity contribution < 1.29 is 22.4 Å². The molecule has 0 aliphatic heterocycles. The molecule has 0 saturated heterocycles. The van der Waals surface area contributed by atoms with E-state index >= 15 is 0 Å². The van der Waals surface area contributed by atoms with Gasteiger partial charge in [-0.25, -0.2) is 0 Å². The third kappa shape index (κ3) is 135. The van der Waals surface area contributed by atoms with Gasteiger partial charge in [0, 0.05) is 48.6 Å². The predicted octanol–water partition coefficient (Wildman–Crippen LogP) is -0.508. The molecule has 0 atom stereocenters. The third-order valence-corrected chi connectivity index (χ3v) is 0.333. The van der Waals surface area contributed by atoms with Gasteiger partial charge in [0.1, 0.15) is 0 Å². The van der Waals surface area contributed by atoms with Gasteiger partial charge in [-0.1, -0.05) is 0 Å². The van der Waals surface area contributed by atoms with Crippen molar-refractivity contribution in [2.24, 2.45) is 22.9 Å². The predicted molar refractivity (Wildman–Crippen MR) is 65.2 cm³/mol. The van der Waals surface area contributed by atoms with Crippen LogP contribution >= 0.6 is 49.6 Å². The molecule has 0 aromatic rings. The van der Waals surface area contributed by atoms with E-state index in [4.69, 9.17) is 22.9 Å². The molecule has 8 N–H and O–H groups in total. The Labute approximate surface area is 120 Å². The Hall–Kier alpha value is 1.74. The van der Waals surface area contributed by atoms with Crippen LogP contribution in [0.5, 0.6) is 0 Å². The SMILES string of the molecule is Cl.Cl.Cl.Cl.NCCN.NCCN.[Au]. The van der Waals surface area contributed by atoms with Gasteiger partial charge in [0.2, 0.25) is 0 Å². The first-order valence-corrected chi connectivity index (χ1v) is 2.63. The third-order valence-electron chi connectivity index (χ3n) is 0.333. The fraction of sp³-hybridized carbons (Fsp3) is 1.00. The van der Waals surface area contributed by atoms with Crippen LogP contribution in [0.3, 0.4) is 0 Å². The van der Waals surface area contributed by atoms with Gasteiger partial charge in [0.05, 0.1) is 0 Å². The van der Waals surface area contributed by atoms with Gasteiger partial charge in [0.25, 0.3) is 0 Å². The zero-order valence-corrected chi connectivity index (χ0v) is 12.5. The van der Waals surface area contributed by atoms with Gasteiger partial charge in [-0.2, -0.15) is 0 Å². The molecule has 0 unspecified atom stereocenters. The molecule has 0 aromatic heterocycles. The standard InChI is InChI=1S/2C2H8N2.Au.4ClH/c2*3-1-2-4;;;;;/h2*1-4H2;;4*1H. The minimum absolute atomic E-state index is 0. The topological polar surface area (TPSA) is 104 Å². The largest absolute Gasteiger partial charge is 0.329 e. The first-order valence-electron chi connectivity index (χ1n) is 2.63. The van der Waals surface area contributed by atoms with E-state index < -0.39 is 0 Å².